The Morgan fingerprint density at radius 2 is 2.22 bits per heavy atom. The van der Waals surface area contributed by atoms with E-state index in [0.29, 0.717) is 17.5 Å². The van der Waals surface area contributed by atoms with Crippen LogP contribution in [0.25, 0.3) is 0 Å². The number of carboxylic acid groups (broad SMARTS) is 1. The number of hydrogen-bond acceptors (Lipinski definition) is 3. The molecule has 96 valence electrons. The van der Waals surface area contributed by atoms with Crippen molar-refractivity contribution in [3.63, 3.8) is 0 Å². The minimum Gasteiger partial charge on any atom is -0.481 e. The van der Waals surface area contributed by atoms with Gasteiger partial charge in [-0.3, -0.25) is 4.79 Å². The van der Waals surface area contributed by atoms with Crippen molar-refractivity contribution < 1.29 is 23.4 Å². The Morgan fingerprint density at radius 1 is 1.56 bits per heavy atom. The highest BCUT2D eigenvalue weighted by atomic mass is 19.3. The van der Waals surface area contributed by atoms with Crippen LogP contribution in [-0.2, 0) is 17.6 Å². The normalized spacial score (nSPS) is 10.2. The van der Waals surface area contributed by atoms with Gasteiger partial charge in [-0.2, -0.15) is 14.0 Å². The Bertz CT molecular complexity index is 495. The zero-order valence-electron chi connectivity index (χ0n) is 9.61. The van der Waals surface area contributed by atoms with Crippen molar-refractivity contribution in [2.24, 2.45) is 0 Å². The third kappa shape index (κ3) is 3.42. The predicted octanol–water partition coefficient (Wildman–Crippen LogP) is 2.35. The molecule has 1 rings (SSSR count). The van der Waals surface area contributed by atoms with E-state index >= 15 is 0 Å². The second-order valence-corrected chi connectivity index (χ2v) is 3.55. The number of benzene rings is 1. The summed E-state index contributed by atoms with van der Waals surface area (Å²) in [5.41, 5.74) is 0.703. The quantitative estimate of drug-likeness (QED) is 0.876. The van der Waals surface area contributed by atoms with Crippen LogP contribution in [0.15, 0.2) is 12.1 Å². The first-order valence-electron chi connectivity index (χ1n) is 5.20. The van der Waals surface area contributed by atoms with E-state index in [1.165, 1.54) is 12.1 Å². The largest absolute Gasteiger partial charge is 0.481 e. The molecule has 0 spiro atoms. The lowest BCUT2D eigenvalue weighted by Crippen LogP contribution is -2.08. The fourth-order valence-electron chi connectivity index (χ4n) is 1.61. The van der Waals surface area contributed by atoms with E-state index in [2.05, 4.69) is 4.74 Å². The molecular formula is C12H11F2NO3. The SMILES string of the molecule is CCc1cc(CC(=O)O)cc(C#N)c1OC(F)F. The van der Waals surface area contributed by atoms with Gasteiger partial charge in [0.1, 0.15) is 11.8 Å². The molecule has 0 saturated carbocycles. The number of carbonyl (C=O) groups is 1. The maximum Gasteiger partial charge on any atom is 0.387 e. The number of nitriles is 1. The highest BCUT2D eigenvalue weighted by molar-refractivity contribution is 5.71. The zero-order valence-corrected chi connectivity index (χ0v) is 9.61. The minimum absolute atomic E-state index is 0.0779. The van der Waals surface area contributed by atoms with E-state index in [-0.39, 0.29) is 17.7 Å². The number of hydrogen-bond donors (Lipinski definition) is 1. The van der Waals surface area contributed by atoms with Gasteiger partial charge in [-0.25, -0.2) is 0 Å². The number of halogens is 2. The van der Waals surface area contributed by atoms with Crippen LogP contribution in [0.2, 0.25) is 0 Å². The maximum absolute atomic E-state index is 12.2. The van der Waals surface area contributed by atoms with E-state index in [4.69, 9.17) is 10.4 Å². The van der Waals surface area contributed by atoms with Crippen molar-refractivity contribution in [1.82, 2.24) is 0 Å². The Morgan fingerprint density at radius 3 is 2.67 bits per heavy atom. The number of rotatable bonds is 5. The number of aliphatic carboxylic acids is 1. The van der Waals surface area contributed by atoms with Crippen LogP contribution in [0.3, 0.4) is 0 Å². The van der Waals surface area contributed by atoms with E-state index in [9.17, 15) is 13.6 Å². The van der Waals surface area contributed by atoms with Gasteiger partial charge in [0.25, 0.3) is 0 Å². The third-order valence-corrected chi connectivity index (χ3v) is 2.29. The van der Waals surface area contributed by atoms with Gasteiger partial charge >= 0.3 is 12.6 Å². The zero-order chi connectivity index (χ0) is 13.7. The van der Waals surface area contributed by atoms with E-state index in [1.54, 1.807) is 13.0 Å². The van der Waals surface area contributed by atoms with Crippen LogP contribution in [0.4, 0.5) is 8.78 Å². The van der Waals surface area contributed by atoms with Gasteiger partial charge in [-0.15, -0.1) is 0 Å². The molecule has 0 radical (unpaired) electrons. The molecule has 0 aliphatic carbocycles. The molecule has 4 nitrogen and oxygen atoms in total. The first kappa shape index (κ1) is 13.9. The molecule has 0 aliphatic heterocycles. The second kappa shape index (κ2) is 5.96. The van der Waals surface area contributed by atoms with Crippen LogP contribution < -0.4 is 4.74 Å². The van der Waals surface area contributed by atoms with Gasteiger partial charge in [0, 0.05) is 0 Å². The number of ether oxygens (including phenoxy) is 1. The van der Waals surface area contributed by atoms with Crippen molar-refractivity contribution in [3.05, 3.63) is 28.8 Å². The van der Waals surface area contributed by atoms with Crippen LogP contribution in [-0.4, -0.2) is 17.7 Å². The summed E-state index contributed by atoms with van der Waals surface area (Å²) in [7, 11) is 0. The van der Waals surface area contributed by atoms with E-state index in [1.807, 2.05) is 0 Å². The van der Waals surface area contributed by atoms with Gasteiger partial charge in [-0.05, 0) is 23.6 Å². The molecule has 0 heterocycles. The molecule has 0 amide bonds. The Balaban J connectivity index is 3.26. The van der Waals surface area contributed by atoms with Gasteiger partial charge in [0.05, 0.1) is 12.0 Å². The Hall–Kier alpha value is -2.16. The van der Waals surface area contributed by atoms with Gasteiger partial charge < -0.3 is 9.84 Å². The topological polar surface area (TPSA) is 70.3 Å². The average Bonchev–Trinajstić information content (AvgIpc) is 2.29. The summed E-state index contributed by atoms with van der Waals surface area (Å²) >= 11 is 0. The van der Waals surface area contributed by atoms with E-state index < -0.39 is 12.6 Å². The van der Waals surface area contributed by atoms with Crippen LogP contribution in [0.1, 0.15) is 23.6 Å². The molecule has 1 aromatic carbocycles. The summed E-state index contributed by atoms with van der Waals surface area (Å²) in [4.78, 5) is 10.6. The van der Waals surface area contributed by atoms with Crippen LogP contribution in [0, 0.1) is 11.3 Å². The summed E-state index contributed by atoms with van der Waals surface area (Å²) in [6, 6.07) is 4.46. The first-order chi connectivity index (χ1) is 8.47. The molecular weight excluding hydrogens is 244 g/mol. The molecule has 18 heavy (non-hydrogen) atoms. The van der Waals surface area contributed by atoms with E-state index in [0.717, 1.165) is 0 Å². The third-order valence-electron chi connectivity index (χ3n) is 2.29. The second-order valence-electron chi connectivity index (χ2n) is 3.55. The Labute approximate surface area is 102 Å². The molecule has 1 N–H and O–H groups in total. The smallest absolute Gasteiger partial charge is 0.387 e. The fraction of sp³-hybridized carbons (Fsp3) is 0.333. The maximum atomic E-state index is 12.2. The molecule has 0 unspecified atom stereocenters. The van der Waals surface area contributed by atoms with Crippen molar-refractivity contribution in [3.8, 4) is 11.8 Å². The lowest BCUT2D eigenvalue weighted by Gasteiger charge is -2.12. The summed E-state index contributed by atoms with van der Waals surface area (Å²) in [5.74, 6) is -1.23. The Kier molecular flexibility index (Phi) is 4.60. The van der Waals surface area contributed by atoms with Gasteiger partial charge in [0.2, 0.25) is 0 Å². The lowest BCUT2D eigenvalue weighted by atomic mass is 10.0. The molecule has 0 aromatic heterocycles. The highest BCUT2D eigenvalue weighted by Crippen LogP contribution is 2.28. The van der Waals surface area contributed by atoms with Gasteiger partial charge in [-0.1, -0.05) is 13.0 Å². The monoisotopic (exact) mass is 255 g/mol. The van der Waals surface area contributed by atoms with Gasteiger partial charge in [0.15, 0.2) is 0 Å². The average molecular weight is 255 g/mol. The lowest BCUT2D eigenvalue weighted by molar-refractivity contribution is -0.136. The summed E-state index contributed by atoms with van der Waals surface area (Å²) in [6.45, 7) is -1.31. The number of alkyl halides is 2. The first-order valence-corrected chi connectivity index (χ1v) is 5.20. The molecule has 0 aliphatic rings. The summed E-state index contributed by atoms with van der Waals surface area (Å²) in [5, 5.41) is 17.6. The number of aryl methyl sites for hydroxylation is 1. The predicted molar refractivity (Wildman–Crippen MR) is 58.5 cm³/mol. The molecule has 6 heteroatoms. The van der Waals surface area contributed by atoms with Crippen molar-refractivity contribution in [2.45, 2.75) is 26.4 Å². The molecule has 1 aromatic rings. The van der Waals surface area contributed by atoms with Crippen molar-refractivity contribution in [2.75, 3.05) is 0 Å². The summed E-state index contributed by atoms with van der Waals surface area (Å²) < 4.78 is 28.8. The highest BCUT2D eigenvalue weighted by Gasteiger charge is 2.16. The number of nitrogens with zero attached hydrogens (tertiary/aromatic N) is 1. The van der Waals surface area contributed by atoms with Crippen molar-refractivity contribution in [1.29, 1.82) is 5.26 Å². The molecule has 0 atom stereocenters. The molecule has 0 fully saturated rings. The van der Waals surface area contributed by atoms with Crippen LogP contribution >= 0.6 is 0 Å². The minimum atomic E-state index is -3.02. The number of carboxylic acids is 1. The fourth-order valence-corrected chi connectivity index (χ4v) is 1.61. The standard InChI is InChI=1S/C12H11F2NO3/c1-2-8-3-7(5-10(16)17)4-9(6-15)11(8)18-12(13)14/h3-4,12H,2,5H2,1H3,(H,16,17). The summed E-state index contributed by atoms with van der Waals surface area (Å²) in [6.07, 6.45) is 0.0980. The van der Waals surface area contributed by atoms with Crippen molar-refractivity contribution >= 4 is 5.97 Å². The molecule has 0 saturated heterocycles. The van der Waals surface area contributed by atoms with Crippen LogP contribution in [0.5, 0.6) is 5.75 Å². The molecule has 0 bridgehead atoms.